The summed E-state index contributed by atoms with van der Waals surface area (Å²) in [6.07, 6.45) is 3.22. The second-order valence-electron chi connectivity index (χ2n) is 2.32. The van der Waals surface area contributed by atoms with Gasteiger partial charge in [0.05, 0.1) is 0 Å². The number of rotatable bonds is 1. The lowest BCUT2D eigenvalue weighted by atomic mass is 10.3. The lowest BCUT2D eigenvalue weighted by Crippen LogP contribution is -2.27. The SMILES string of the molecule is CNC1CCN(C#N)C1. The summed E-state index contributed by atoms with van der Waals surface area (Å²) in [6, 6.07) is 0.532. The average Bonchev–Trinajstić information content (AvgIpc) is 2.34. The van der Waals surface area contributed by atoms with Crippen LogP contribution in [-0.4, -0.2) is 31.1 Å². The Kier molecular flexibility index (Phi) is 1.91. The van der Waals surface area contributed by atoms with Gasteiger partial charge in [0, 0.05) is 19.1 Å². The van der Waals surface area contributed by atoms with Crippen LogP contribution < -0.4 is 5.32 Å². The van der Waals surface area contributed by atoms with Crippen molar-refractivity contribution in [3.63, 3.8) is 0 Å². The highest BCUT2D eigenvalue weighted by Gasteiger charge is 2.18. The monoisotopic (exact) mass is 125 g/mol. The second kappa shape index (κ2) is 2.70. The Labute approximate surface area is 55.3 Å². The summed E-state index contributed by atoms with van der Waals surface area (Å²) in [5.74, 6) is 0. The van der Waals surface area contributed by atoms with Crippen LogP contribution in [0.25, 0.3) is 0 Å². The molecule has 0 saturated carbocycles. The summed E-state index contributed by atoms with van der Waals surface area (Å²) in [5.41, 5.74) is 0. The Morgan fingerprint density at radius 3 is 2.89 bits per heavy atom. The standard InChI is InChI=1S/C6H11N3/c1-8-6-2-3-9(4-6)5-7/h6,8H,2-4H2,1H3. The Balaban J connectivity index is 2.31. The van der Waals surface area contributed by atoms with Crippen LogP contribution in [0.1, 0.15) is 6.42 Å². The fourth-order valence-electron chi connectivity index (χ4n) is 1.09. The number of nitriles is 1. The first kappa shape index (κ1) is 6.37. The summed E-state index contributed by atoms with van der Waals surface area (Å²) in [6.45, 7) is 1.80. The third-order valence-corrected chi connectivity index (χ3v) is 1.74. The molecule has 50 valence electrons. The van der Waals surface area contributed by atoms with Crippen LogP contribution in [0.3, 0.4) is 0 Å². The van der Waals surface area contributed by atoms with E-state index >= 15 is 0 Å². The Bertz CT molecular complexity index is 127. The van der Waals surface area contributed by atoms with Crippen molar-refractivity contribution in [3.8, 4) is 6.19 Å². The molecule has 1 rings (SSSR count). The normalized spacial score (nSPS) is 26.2. The van der Waals surface area contributed by atoms with Crippen LogP contribution in [-0.2, 0) is 0 Å². The van der Waals surface area contributed by atoms with Crippen molar-refractivity contribution < 1.29 is 0 Å². The lowest BCUT2D eigenvalue weighted by molar-refractivity contribution is 0.466. The maximum absolute atomic E-state index is 8.43. The molecular weight excluding hydrogens is 114 g/mol. The lowest BCUT2D eigenvalue weighted by Gasteiger charge is -2.06. The third-order valence-electron chi connectivity index (χ3n) is 1.74. The molecule has 0 aromatic heterocycles. The molecule has 0 aromatic rings. The molecule has 0 radical (unpaired) electrons. The first-order valence-electron chi connectivity index (χ1n) is 3.18. The van der Waals surface area contributed by atoms with Crippen LogP contribution in [0.15, 0.2) is 0 Å². The number of likely N-dealkylation sites (tertiary alicyclic amines) is 1. The molecule has 1 unspecified atom stereocenters. The molecule has 1 atom stereocenters. The van der Waals surface area contributed by atoms with E-state index in [9.17, 15) is 0 Å². The van der Waals surface area contributed by atoms with Gasteiger partial charge in [-0.05, 0) is 13.5 Å². The van der Waals surface area contributed by atoms with E-state index in [1.807, 2.05) is 7.05 Å². The predicted molar refractivity (Wildman–Crippen MR) is 34.7 cm³/mol. The molecule has 0 bridgehead atoms. The number of likely N-dealkylation sites (N-methyl/N-ethyl adjacent to an activating group) is 1. The summed E-state index contributed by atoms with van der Waals surface area (Å²) < 4.78 is 0. The van der Waals surface area contributed by atoms with E-state index < -0.39 is 0 Å². The van der Waals surface area contributed by atoms with Crippen LogP contribution >= 0.6 is 0 Å². The average molecular weight is 125 g/mol. The molecule has 1 aliphatic rings. The van der Waals surface area contributed by atoms with E-state index in [0.29, 0.717) is 6.04 Å². The highest BCUT2D eigenvalue weighted by Crippen LogP contribution is 2.05. The van der Waals surface area contributed by atoms with Gasteiger partial charge in [-0.2, -0.15) is 5.26 Å². The van der Waals surface area contributed by atoms with Crippen molar-refractivity contribution in [2.24, 2.45) is 0 Å². The van der Waals surface area contributed by atoms with Gasteiger partial charge < -0.3 is 10.2 Å². The third kappa shape index (κ3) is 1.33. The molecule has 9 heavy (non-hydrogen) atoms. The first-order valence-corrected chi connectivity index (χ1v) is 3.18. The fraction of sp³-hybridized carbons (Fsp3) is 0.833. The van der Waals surface area contributed by atoms with Crippen LogP contribution in [0.4, 0.5) is 0 Å². The highest BCUT2D eigenvalue weighted by molar-refractivity contribution is 4.86. The van der Waals surface area contributed by atoms with Gasteiger partial charge in [0.25, 0.3) is 0 Å². The molecule has 1 fully saturated rings. The minimum atomic E-state index is 0.532. The van der Waals surface area contributed by atoms with E-state index in [1.165, 1.54) is 0 Å². The Hall–Kier alpha value is -0.750. The maximum atomic E-state index is 8.43. The second-order valence-corrected chi connectivity index (χ2v) is 2.32. The number of hydrogen-bond acceptors (Lipinski definition) is 3. The van der Waals surface area contributed by atoms with Crippen LogP contribution in [0.5, 0.6) is 0 Å². The van der Waals surface area contributed by atoms with Gasteiger partial charge in [-0.25, -0.2) is 0 Å². The smallest absolute Gasteiger partial charge is 0.179 e. The van der Waals surface area contributed by atoms with Gasteiger partial charge in [0.1, 0.15) is 0 Å². The first-order chi connectivity index (χ1) is 4.36. The van der Waals surface area contributed by atoms with E-state index in [2.05, 4.69) is 11.5 Å². The van der Waals surface area contributed by atoms with Gasteiger partial charge in [-0.1, -0.05) is 0 Å². The molecule has 1 saturated heterocycles. The summed E-state index contributed by atoms with van der Waals surface area (Å²) in [7, 11) is 1.94. The Morgan fingerprint density at radius 1 is 1.78 bits per heavy atom. The molecule has 1 heterocycles. The predicted octanol–water partition coefficient (Wildman–Crippen LogP) is -0.239. The number of nitrogens with one attached hydrogen (secondary N) is 1. The minimum absolute atomic E-state index is 0.532. The summed E-state index contributed by atoms with van der Waals surface area (Å²) in [5, 5.41) is 11.6. The maximum Gasteiger partial charge on any atom is 0.179 e. The van der Waals surface area contributed by atoms with Crippen molar-refractivity contribution in [1.82, 2.24) is 10.2 Å². The highest BCUT2D eigenvalue weighted by atomic mass is 15.2. The van der Waals surface area contributed by atoms with Gasteiger partial charge in [0.2, 0.25) is 0 Å². The molecule has 0 spiro atoms. The molecular formula is C6H11N3. The molecule has 1 aliphatic heterocycles. The quantitative estimate of drug-likeness (QED) is 0.492. The van der Waals surface area contributed by atoms with Crippen molar-refractivity contribution in [1.29, 1.82) is 5.26 Å². The zero-order valence-corrected chi connectivity index (χ0v) is 5.59. The number of hydrogen-bond donors (Lipinski definition) is 1. The largest absolute Gasteiger partial charge is 0.315 e. The van der Waals surface area contributed by atoms with E-state index in [1.54, 1.807) is 4.90 Å². The molecule has 3 heteroatoms. The van der Waals surface area contributed by atoms with Crippen molar-refractivity contribution in [2.45, 2.75) is 12.5 Å². The zero-order valence-electron chi connectivity index (χ0n) is 5.59. The van der Waals surface area contributed by atoms with Gasteiger partial charge >= 0.3 is 0 Å². The Morgan fingerprint density at radius 2 is 2.56 bits per heavy atom. The molecule has 0 aromatic carbocycles. The molecule has 0 amide bonds. The topological polar surface area (TPSA) is 39.1 Å². The van der Waals surface area contributed by atoms with Gasteiger partial charge in [-0.3, -0.25) is 0 Å². The summed E-state index contributed by atoms with van der Waals surface area (Å²) >= 11 is 0. The zero-order chi connectivity index (χ0) is 6.69. The molecule has 0 aliphatic carbocycles. The number of nitrogens with zero attached hydrogens (tertiary/aromatic N) is 2. The van der Waals surface area contributed by atoms with E-state index in [4.69, 9.17) is 5.26 Å². The van der Waals surface area contributed by atoms with E-state index in [-0.39, 0.29) is 0 Å². The van der Waals surface area contributed by atoms with Crippen molar-refractivity contribution in [2.75, 3.05) is 20.1 Å². The van der Waals surface area contributed by atoms with Crippen LogP contribution in [0.2, 0.25) is 0 Å². The van der Waals surface area contributed by atoms with Gasteiger partial charge in [0.15, 0.2) is 6.19 Å². The van der Waals surface area contributed by atoms with Crippen molar-refractivity contribution >= 4 is 0 Å². The van der Waals surface area contributed by atoms with Crippen molar-refractivity contribution in [3.05, 3.63) is 0 Å². The summed E-state index contributed by atoms with van der Waals surface area (Å²) in [4.78, 5) is 1.78. The van der Waals surface area contributed by atoms with Gasteiger partial charge in [-0.15, -0.1) is 0 Å². The fourth-order valence-corrected chi connectivity index (χ4v) is 1.09. The van der Waals surface area contributed by atoms with Crippen LogP contribution in [0, 0.1) is 11.5 Å². The molecule has 3 nitrogen and oxygen atoms in total. The molecule has 1 N–H and O–H groups in total. The van der Waals surface area contributed by atoms with E-state index in [0.717, 1.165) is 19.5 Å². The minimum Gasteiger partial charge on any atom is -0.315 e.